The zero-order chi connectivity index (χ0) is 31.0. The van der Waals surface area contributed by atoms with E-state index in [0.29, 0.717) is 22.7 Å². The molecule has 22 heteroatoms. The van der Waals surface area contributed by atoms with Crippen molar-refractivity contribution in [1.82, 2.24) is 19.8 Å². The second-order valence-corrected chi connectivity index (χ2v) is 10.3. The number of H-pyrrole nitrogens is 2. The second-order valence-electron chi connectivity index (χ2n) is 8.27. The Morgan fingerprint density at radius 3 is 2.12 bits per heavy atom. The predicted molar refractivity (Wildman–Crippen MR) is 144 cm³/mol. The van der Waals surface area contributed by atoms with Gasteiger partial charge in [0, 0.05) is 13.1 Å². The molecule has 2 aromatic rings. The van der Waals surface area contributed by atoms with E-state index in [1.54, 1.807) is 0 Å². The van der Waals surface area contributed by atoms with Gasteiger partial charge in [-0.15, -0.1) is 0 Å². The number of nitrogens with zero attached hydrogens (tertiary/aromatic N) is 4. The fourth-order valence-corrected chi connectivity index (χ4v) is 4.71. The molecule has 0 bridgehead atoms. The van der Waals surface area contributed by atoms with Crippen molar-refractivity contribution in [2.75, 3.05) is 13.2 Å². The van der Waals surface area contributed by atoms with Crippen LogP contribution >= 0.6 is 22.7 Å². The van der Waals surface area contributed by atoms with E-state index in [-0.39, 0.29) is 19.6 Å². The normalized spacial score (nSPS) is 25.0. The van der Waals surface area contributed by atoms with Crippen LogP contribution in [0.25, 0.3) is 0 Å². The average Bonchev–Trinajstić information content (AvgIpc) is 3.62. The highest BCUT2D eigenvalue weighted by atomic mass is 32.1. The van der Waals surface area contributed by atoms with Gasteiger partial charge in [-0.05, 0) is 22.7 Å². The van der Waals surface area contributed by atoms with Crippen molar-refractivity contribution in [3.63, 3.8) is 0 Å². The fraction of sp³-hybridized carbons (Fsp3) is 0.550. The Balaban J connectivity index is 1.87. The van der Waals surface area contributed by atoms with Gasteiger partial charge in [0.1, 0.15) is 42.9 Å². The van der Waals surface area contributed by atoms with Gasteiger partial charge in [0.15, 0.2) is 28.7 Å². The molecule has 3 heterocycles. The molecule has 0 saturated carbocycles. The molecule has 2 aromatic heterocycles. The summed E-state index contributed by atoms with van der Waals surface area (Å²) in [4.78, 5) is 22.2. The van der Waals surface area contributed by atoms with Crippen LogP contribution in [0.3, 0.4) is 0 Å². The number of aliphatic imine (C=N–C) groups is 2. The van der Waals surface area contributed by atoms with Gasteiger partial charge >= 0.3 is 15.6 Å². The predicted octanol–water partition coefficient (Wildman–Crippen LogP) is -3.44. The highest BCUT2D eigenvalue weighted by Gasteiger charge is 2.48. The van der Waals surface area contributed by atoms with Crippen LogP contribution in [0.1, 0.15) is 6.92 Å². The molecule has 1 fully saturated rings. The summed E-state index contributed by atoms with van der Waals surface area (Å²) < 4.78 is 21.5. The van der Waals surface area contributed by atoms with Gasteiger partial charge in [-0.2, -0.15) is 0 Å². The molecule has 20 nitrogen and oxygen atoms in total. The topological polar surface area (TPSA) is 310 Å². The molecule has 1 saturated heterocycles. The molecule has 7 N–H and O–H groups in total. The lowest BCUT2D eigenvalue weighted by atomic mass is 9.99. The van der Waals surface area contributed by atoms with Gasteiger partial charge < -0.3 is 65.3 Å². The lowest BCUT2D eigenvalue weighted by Gasteiger charge is -2.42. The van der Waals surface area contributed by atoms with Crippen molar-refractivity contribution < 1.29 is 49.3 Å². The fourth-order valence-electron chi connectivity index (χ4n) is 3.46. The highest BCUT2D eigenvalue weighted by Crippen LogP contribution is 2.26. The van der Waals surface area contributed by atoms with Crippen molar-refractivity contribution in [3.05, 3.63) is 42.8 Å². The van der Waals surface area contributed by atoms with Gasteiger partial charge in [-0.3, -0.25) is 14.6 Å². The summed E-state index contributed by atoms with van der Waals surface area (Å²) in [5.41, 5.74) is 0. The summed E-state index contributed by atoms with van der Waals surface area (Å²) in [6.45, 7) is -0.596. The number of carbonyl (C=O) groups excluding carboxylic acids is 1. The van der Waals surface area contributed by atoms with Gasteiger partial charge in [0.05, 0.1) is 19.4 Å². The van der Waals surface area contributed by atoms with Crippen molar-refractivity contribution >= 4 is 51.1 Å². The lowest BCUT2D eigenvalue weighted by Crippen LogP contribution is -2.61. The molecule has 0 aliphatic carbocycles. The minimum Gasteiger partial charge on any atom is -0.711 e. The molecular formula is C20H26N6O14S2-2. The molecule has 8 atom stereocenters. The third-order valence-electron chi connectivity index (χ3n) is 5.33. The molecule has 0 aromatic carbocycles. The summed E-state index contributed by atoms with van der Waals surface area (Å²) in [5, 5.41) is 94.8. The number of aromatic nitrogens is 2. The number of aliphatic hydroxyl groups excluding tert-OH is 5. The quantitative estimate of drug-likeness (QED) is 0.0515. The monoisotopic (exact) mass is 638 g/mol. The van der Waals surface area contributed by atoms with Crippen molar-refractivity contribution in [2.45, 2.75) is 56.1 Å². The Labute approximate surface area is 242 Å². The highest BCUT2D eigenvalue weighted by molar-refractivity contribution is 7.13. The molecule has 1 aliphatic heterocycles. The van der Waals surface area contributed by atoms with E-state index < -0.39 is 78.2 Å². The maximum Gasteiger partial charge on any atom is 0.341 e. The van der Waals surface area contributed by atoms with E-state index in [1.165, 1.54) is 12.4 Å². The van der Waals surface area contributed by atoms with Crippen molar-refractivity contribution in [2.24, 2.45) is 9.98 Å². The minimum atomic E-state index is -1.82. The van der Waals surface area contributed by atoms with Crippen LogP contribution in [0, 0.1) is 20.8 Å². The van der Waals surface area contributed by atoms with Gasteiger partial charge in [-0.1, -0.05) is 0 Å². The second kappa shape index (κ2) is 15.1. The van der Waals surface area contributed by atoms with Gasteiger partial charge in [-0.25, -0.2) is 20.0 Å². The van der Waals surface area contributed by atoms with E-state index in [2.05, 4.69) is 20.0 Å². The zero-order valence-corrected chi connectivity index (χ0v) is 23.0. The van der Waals surface area contributed by atoms with Crippen LogP contribution in [-0.2, 0) is 23.7 Å². The molecule has 0 radical (unpaired) electrons. The number of aliphatic hydroxyl groups is 5. The Morgan fingerprint density at radius 1 is 1.07 bits per heavy atom. The van der Waals surface area contributed by atoms with Gasteiger partial charge in [0.2, 0.25) is 0 Å². The number of esters is 1. The standard InChI is InChI=1S/C20H26N6O14S2/c1-8(29)37-17-15(31)11(7-28)40-18(16(17)32)39-9(2-21-12-3-23-19(41-12)25(33)34)10(6-27)38-14(30)5-22-13-4-24-20(42-13)26(35)36/h2-5,9-11,14-18,23-24,27-28,30-32H,6-7H2,1H3/q-2/t9-,10+,11-,14-,15+,16+,17+,18-/m0/s1. The molecule has 0 unspecified atom stereocenters. The lowest BCUT2D eigenvalue weighted by molar-refractivity contribution is -0.315. The summed E-state index contributed by atoms with van der Waals surface area (Å²) >= 11 is 1.32. The first-order valence-electron chi connectivity index (χ1n) is 11.7. The third-order valence-corrected chi connectivity index (χ3v) is 7.11. The summed E-state index contributed by atoms with van der Waals surface area (Å²) in [7, 11) is 0. The number of rotatable bonds is 12. The van der Waals surface area contributed by atoms with Crippen LogP contribution < -0.4 is 19.4 Å². The molecule has 0 amide bonds. The SMILES string of the molecule is CC(=O)O[C@H]1[C@@H](O)[C@@H](O[C@@H](C=Nc2c[nH]c(=[N+]([O-])[O-])s2)[C@@H](CO)O[C@H](O)C=Nc2c[nH]c(=[N+]([O-])[O-])s2)O[C@@H](CO)[C@H]1O. The van der Waals surface area contributed by atoms with E-state index in [1.807, 2.05) is 0 Å². The first-order valence-corrected chi connectivity index (χ1v) is 13.4. The number of nitrogens with one attached hydrogen (secondary N) is 2. The van der Waals surface area contributed by atoms with E-state index in [9.17, 15) is 51.2 Å². The minimum absolute atomic E-state index is 0.0798. The average molecular weight is 639 g/mol. The first-order chi connectivity index (χ1) is 19.9. The maximum absolute atomic E-state index is 11.5. The van der Waals surface area contributed by atoms with Gasteiger partial charge in [0.25, 0.3) is 0 Å². The Hall–Kier alpha value is -3.45. The van der Waals surface area contributed by atoms with Crippen LogP contribution in [0.2, 0.25) is 0 Å². The van der Waals surface area contributed by atoms with Crippen LogP contribution in [0.15, 0.2) is 22.4 Å². The number of hydrogen-bond donors (Lipinski definition) is 7. The molecule has 0 spiro atoms. The maximum atomic E-state index is 11.5. The van der Waals surface area contributed by atoms with E-state index in [4.69, 9.17) is 18.9 Å². The van der Waals surface area contributed by atoms with Crippen LogP contribution in [0.5, 0.6) is 0 Å². The molecule has 234 valence electrons. The number of ether oxygens (including phenoxy) is 4. The Morgan fingerprint density at radius 2 is 1.64 bits per heavy atom. The summed E-state index contributed by atoms with van der Waals surface area (Å²) in [6, 6.07) is 0. The summed E-state index contributed by atoms with van der Waals surface area (Å²) in [6.07, 6.45) is -8.69. The smallest absolute Gasteiger partial charge is 0.341 e. The van der Waals surface area contributed by atoms with Crippen LogP contribution in [0.4, 0.5) is 10.0 Å². The summed E-state index contributed by atoms with van der Waals surface area (Å²) in [5.74, 6) is -0.864. The van der Waals surface area contributed by atoms with Crippen molar-refractivity contribution in [1.29, 1.82) is 0 Å². The third kappa shape index (κ3) is 8.78. The molecule has 3 rings (SSSR count). The Bertz CT molecular complexity index is 1360. The molecule has 42 heavy (non-hydrogen) atoms. The zero-order valence-electron chi connectivity index (χ0n) is 21.4. The molecular weight excluding hydrogens is 612 g/mol. The van der Waals surface area contributed by atoms with E-state index in [0.717, 1.165) is 19.4 Å². The number of thiazole rings is 2. The largest absolute Gasteiger partial charge is 0.711 e. The van der Waals surface area contributed by atoms with Crippen LogP contribution in [-0.4, -0.2) is 116 Å². The van der Waals surface area contributed by atoms with Crippen molar-refractivity contribution in [3.8, 4) is 0 Å². The first kappa shape index (κ1) is 33.1. The van der Waals surface area contributed by atoms with E-state index >= 15 is 0 Å². The Kier molecular flexibility index (Phi) is 11.9. The molecule has 1 aliphatic rings. The number of aromatic amines is 2. The number of hydrogen-bond acceptors (Lipinski definition) is 18. The number of carbonyl (C=O) groups is 1.